The molecule has 18 heavy (non-hydrogen) atoms. The van der Waals surface area contributed by atoms with Gasteiger partial charge in [-0.3, -0.25) is 4.79 Å². The van der Waals surface area contributed by atoms with E-state index < -0.39 is 0 Å². The average Bonchev–Trinajstić information content (AvgIpc) is 2.43. The molecule has 5 heteroatoms. The van der Waals surface area contributed by atoms with Gasteiger partial charge in [-0.05, 0) is 25.1 Å². The molecule has 0 saturated heterocycles. The molecule has 0 fully saturated rings. The highest BCUT2D eigenvalue weighted by Gasteiger charge is 2.18. The Morgan fingerprint density at radius 2 is 2.11 bits per heavy atom. The summed E-state index contributed by atoms with van der Waals surface area (Å²) in [5.74, 6) is 1.07. The third-order valence-electron chi connectivity index (χ3n) is 2.72. The van der Waals surface area contributed by atoms with Crippen LogP contribution in [0.2, 0.25) is 0 Å². The van der Waals surface area contributed by atoms with Crippen LogP contribution in [-0.4, -0.2) is 37.1 Å². The Balaban J connectivity index is 2.23. The fraction of sp³-hybridized carbons (Fsp3) is 0.385. The predicted molar refractivity (Wildman–Crippen MR) is 64.6 cm³/mol. The lowest BCUT2D eigenvalue weighted by molar-refractivity contribution is 0.0783. The van der Waals surface area contributed by atoms with Crippen LogP contribution in [-0.2, 0) is 0 Å². The molecule has 1 amide bonds. The Hall–Kier alpha value is -2.22. The van der Waals surface area contributed by atoms with Gasteiger partial charge in [-0.25, -0.2) is 0 Å². The first-order chi connectivity index (χ1) is 8.76. The number of amides is 1. The van der Waals surface area contributed by atoms with Crippen molar-refractivity contribution >= 4 is 5.91 Å². The largest absolute Gasteiger partial charge is 0.486 e. The van der Waals surface area contributed by atoms with E-state index in [1.807, 2.05) is 13.0 Å². The van der Waals surface area contributed by atoms with E-state index >= 15 is 0 Å². The highest BCUT2D eigenvalue weighted by molar-refractivity contribution is 5.95. The minimum absolute atomic E-state index is 0.0871. The first kappa shape index (κ1) is 12.2. The molecule has 0 aromatic heterocycles. The Bertz CT molecular complexity index is 493. The van der Waals surface area contributed by atoms with Crippen LogP contribution in [0.4, 0.5) is 0 Å². The number of carbonyl (C=O) groups excluding carboxylic acids is 1. The molecule has 2 rings (SSSR count). The fourth-order valence-electron chi connectivity index (χ4n) is 1.77. The fourth-order valence-corrected chi connectivity index (χ4v) is 1.77. The summed E-state index contributed by atoms with van der Waals surface area (Å²) >= 11 is 0. The highest BCUT2D eigenvalue weighted by atomic mass is 16.6. The second-order valence-corrected chi connectivity index (χ2v) is 3.84. The van der Waals surface area contributed by atoms with Crippen molar-refractivity contribution in [2.45, 2.75) is 6.92 Å². The van der Waals surface area contributed by atoms with E-state index in [1.165, 1.54) is 4.90 Å². The lowest BCUT2D eigenvalue weighted by Gasteiger charge is -2.21. The summed E-state index contributed by atoms with van der Waals surface area (Å²) in [5.41, 5.74) is 0.511. The summed E-state index contributed by atoms with van der Waals surface area (Å²) in [4.78, 5) is 13.6. The van der Waals surface area contributed by atoms with Gasteiger partial charge in [0.05, 0.1) is 6.07 Å². The molecule has 0 unspecified atom stereocenters. The number of nitrogens with zero attached hydrogens (tertiary/aromatic N) is 2. The summed E-state index contributed by atoms with van der Waals surface area (Å²) < 4.78 is 10.8. The molecule has 1 aromatic carbocycles. The predicted octanol–water partition coefficient (Wildman–Crippen LogP) is 1.44. The van der Waals surface area contributed by atoms with Crippen LogP contribution >= 0.6 is 0 Å². The van der Waals surface area contributed by atoms with Crippen molar-refractivity contribution in [1.29, 1.82) is 5.26 Å². The van der Waals surface area contributed by atoms with Crippen LogP contribution in [0.1, 0.15) is 17.3 Å². The SMILES string of the molecule is CCN(CC#N)C(=O)c1ccc2c(c1)OCCO2. The maximum absolute atomic E-state index is 12.1. The maximum Gasteiger partial charge on any atom is 0.254 e. The zero-order valence-corrected chi connectivity index (χ0v) is 10.2. The van der Waals surface area contributed by atoms with Gasteiger partial charge in [-0.1, -0.05) is 0 Å². The normalized spacial score (nSPS) is 12.7. The number of nitriles is 1. The van der Waals surface area contributed by atoms with Gasteiger partial charge in [0.15, 0.2) is 11.5 Å². The molecule has 0 spiro atoms. The van der Waals surface area contributed by atoms with Gasteiger partial charge in [0.2, 0.25) is 0 Å². The van der Waals surface area contributed by atoms with Gasteiger partial charge in [0.1, 0.15) is 19.8 Å². The Labute approximate surface area is 106 Å². The zero-order chi connectivity index (χ0) is 13.0. The molecule has 0 aliphatic carbocycles. The maximum atomic E-state index is 12.1. The van der Waals surface area contributed by atoms with Crippen LogP contribution in [0.15, 0.2) is 18.2 Å². The third-order valence-corrected chi connectivity index (χ3v) is 2.72. The quantitative estimate of drug-likeness (QED) is 0.757. The smallest absolute Gasteiger partial charge is 0.254 e. The van der Waals surface area contributed by atoms with Gasteiger partial charge in [-0.15, -0.1) is 0 Å². The molecule has 1 aliphatic heterocycles. The second-order valence-electron chi connectivity index (χ2n) is 3.84. The van der Waals surface area contributed by atoms with E-state index in [1.54, 1.807) is 18.2 Å². The first-order valence-electron chi connectivity index (χ1n) is 5.82. The van der Waals surface area contributed by atoms with Crippen molar-refractivity contribution in [3.05, 3.63) is 23.8 Å². The van der Waals surface area contributed by atoms with Gasteiger partial charge in [0.25, 0.3) is 5.91 Å². The van der Waals surface area contributed by atoms with Crippen molar-refractivity contribution in [1.82, 2.24) is 4.90 Å². The molecule has 94 valence electrons. The minimum Gasteiger partial charge on any atom is -0.486 e. The standard InChI is InChI=1S/C13H14N2O3/c1-2-15(6-5-14)13(16)10-3-4-11-12(9-10)18-8-7-17-11/h3-4,9H,2,6-8H2,1H3. The topological polar surface area (TPSA) is 62.6 Å². The molecule has 0 N–H and O–H groups in total. The average molecular weight is 246 g/mol. The summed E-state index contributed by atoms with van der Waals surface area (Å²) in [5, 5.41) is 8.67. The van der Waals surface area contributed by atoms with Crippen LogP contribution in [0, 0.1) is 11.3 Å². The van der Waals surface area contributed by atoms with E-state index in [2.05, 4.69) is 0 Å². The lowest BCUT2D eigenvalue weighted by atomic mass is 10.1. The van der Waals surface area contributed by atoms with Crippen LogP contribution in [0.3, 0.4) is 0 Å². The van der Waals surface area contributed by atoms with E-state index in [0.29, 0.717) is 36.8 Å². The number of ether oxygens (including phenoxy) is 2. The van der Waals surface area contributed by atoms with Crippen molar-refractivity contribution in [2.75, 3.05) is 26.3 Å². The molecule has 0 bridgehead atoms. The van der Waals surface area contributed by atoms with Crippen molar-refractivity contribution in [2.24, 2.45) is 0 Å². The van der Waals surface area contributed by atoms with E-state index in [-0.39, 0.29) is 12.5 Å². The second kappa shape index (κ2) is 5.41. The molecule has 5 nitrogen and oxygen atoms in total. The summed E-state index contributed by atoms with van der Waals surface area (Å²) in [6.45, 7) is 3.44. The van der Waals surface area contributed by atoms with Gasteiger partial charge in [-0.2, -0.15) is 5.26 Å². The number of benzene rings is 1. The molecule has 1 aromatic rings. The first-order valence-corrected chi connectivity index (χ1v) is 5.82. The molecule has 0 atom stereocenters. The summed E-state index contributed by atoms with van der Waals surface area (Å²) in [7, 11) is 0. The monoisotopic (exact) mass is 246 g/mol. The number of hydrogen-bond acceptors (Lipinski definition) is 4. The van der Waals surface area contributed by atoms with Crippen molar-refractivity contribution in [3.63, 3.8) is 0 Å². The van der Waals surface area contributed by atoms with E-state index in [4.69, 9.17) is 14.7 Å². The molecule has 0 radical (unpaired) electrons. The van der Waals surface area contributed by atoms with Crippen molar-refractivity contribution < 1.29 is 14.3 Å². The van der Waals surface area contributed by atoms with E-state index in [9.17, 15) is 4.79 Å². The summed E-state index contributed by atoms with van der Waals surface area (Å²) in [6.07, 6.45) is 0. The van der Waals surface area contributed by atoms with Crippen LogP contribution in [0.25, 0.3) is 0 Å². The minimum atomic E-state index is -0.170. The molecule has 0 saturated carbocycles. The third kappa shape index (κ3) is 2.38. The highest BCUT2D eigenvalue weighted by Crippen LogP contribution is 2.31. The summed E-state index contributed by atoms with van der Waals surface area (Å²) in [6, 6.07) is 7.06. The van der Waals surface area contributed by atoms with Crippen LogP contribution < -0.4 is 9.47 Å². The number of carbonyl (C=O) groups is 1. The van der Waals surface area contributed by atoms with Gasteiger partial charge in [0, 0.05) is 12.1 Å². The Kier molecular flexibility index (Phi) is 3.68. The Morgan fingerprint density at radius 3 is 2.78 bits per heavy atom. The number of hydrogen-bond donors (Lipinski definition) is 0. The van der Waals surface area contributed by atoms with Gasteiger partial charge < -0.3 is 14.4 Å². The lowest BCUT2D eigenvalue weighted by Crippen LogP contribution is -2.31. The van der Waals surface area contributed by atoms with Crippen molar-refractivity contribution in [3.8, 4) is 17.6 Å². The molecule has 1 aliphatic rings. The van der Waals surface area contributed by atoms with Crippen LogP contribution in [0.5, 0.6) is 11.5 Å². The van der Waals surface area contributed by atoms with E-state index in [0.717, 1.165) is 0 Å². The molecular formula is C13H14N2O3. The molecular weight excluding hydrogens is 232 g/mol. The van der Waals surface area contributed by atoms with Gasteiger partial charge >= 0.3 is 0 Å². The Morgan fingerprint density at radius 1 is 1.39 bits per heavy atom. The number of rotatable bonds is 3. The number of fused-ring (bicyclic) bond motifs is 1. The zero-order valence-electron chi connectivity index (χ0n) is 10.2. The molecule has 1 heterocycles.